The summed E-state index contributed by atoms with van der Waals surface area (Å²) in [6, 6.07) is 4.03. The van der Waals surface area contributed by atoms with Crippen LogP contribution in [0.2, 0.25) is 0 Å². The van der Waals surface area contributed by atoms with Gasteiger partial charge in [0.1, 0.15) is 0 Å². The minimum absolute atomic E-state index is 0.127. The number of hydrogen-bond acceptors (Lipinski definition) is 6. The number of carboxylic acid groups (broad SMARTS) is 1. The molecule has 0 spiro atoms. The molecule has 138 valence electrons. The van der Waals surface area contributed by atoms with Crippen molar-refractivity contribution in [1.82, 2.24) is 14.3 Å². The van der Waals surface area contributed by atoms with Gasteiger partial charge in [0.15, 0.2) is 17.4 Å². The zero-order valence-corrected chi connectivity index (χ0v) is 14.8. The first-order valence-electron chi connectivity index (χ1n) is 7.94. The molecule has 26 heavy (non-hydrogen) atoms. The number of hydrogen-bond donors (Lipinski definition) is 2. The number of aliphatic carboxylic acids is 1. The van der Waals surface area contributed by atoms with Gasteiger partial charge in [0.05, 0.1) is 13.0 Å². The van der Waals surface area contributed by atoms with E-state index in [-0.39, 0.29) is 11.8 Å². The molecule has 2 heterocycles. The van der Waals surface area contributed by atoms with Crippen molar-refractivity contribution in [2.45, 2.75) is 12.8 Å². The number of urea groups is 1. The first-order valence-corrected chi connectivity index (χ1v) is 8.71. The van der Waals surface area contributed by atoms with Crippen LogP contribution in [0.5, 0.6) is 5.75 Å². The van der Waals surface area contributed by atoms with E-state index in [1.165, 1.54) is 19.2 Å². The standard InChI is InChI=1S/C16H17FN4O4S/c1-25-12-3-2-10(8-11(12)17)13-18-15(26-20-13)19-16(24)21-6-4-9(5-7-21)14(22)23/h2-3,8-9H,4-7H2,1H3,(H,22,23)(H,18,19,20,24). The highest BCUT2D eigenvalue weighted by Crippen LogP contribution is 2.26. The Bertz CT molecular complexity index is 820. The predicted molar refractivity (Wildman–Crippen MR) is 92.8 cm³/mol. The number of benzene rings is 1. The summed E-state index contributed by atoms with van der Waals surface area (Å²) < 4.78 is 22.8. The van der Waals surface area contributed by atoms with Gasteiger partial charge in [-0.25, -0.2) is 9.18 Å². The Kier molecular flexibility index (Phi) is 5.31. The molecule has 1 aromatic carbocycles. The highest BCUT2D eigenvalue weighted by Gasteiger charge is 2.27. The van der Waals surface area contributed by atoms with E-state index >= 15 is 0 Å². The monoisotopic (exact) mass is 380 g/mol. The van der Waals surface area contributed by atoms with Gasteiger partial charge in [0.2, 0.25) is 5.13 Å². The van der Waals surface area contributed by atoms with Gasteiger partial charge in [0.25, 0.3) is 0 Å². The van der Waals surface area contributed by atoms with E-state index < -0.39 is 17.7 Å². The molecule has 0 unspecified atom stereocenters. The number of aromatic nitrogens is 2. The number of likely N-dealkylation sites (tertiary alicyclic amines) is 1. The van der Waals surface area contributed by atoms with E-state index in [4.69, 9.17) is 9.84 Å². The van der Waals surface area contributed by atoms with Crippen LogP contribution in [0.3, 0.4) is 0 Å². The van der Waals surface area contributed by atoms with E-state index in [2.05, 4.69) is 14.7 Å². The lowest BCUT2D eigenvalue weighted by Gasteiger charge is -2.29. The van der Waals surface area contributed by atoms with Crippen molar-refractivity contribution >= 4 is 28.7 Å². The van der Waals surface area contributed by atoms with Crippen molar-refractivity contribution in [2.24, 2.45) is 5.92 Å². The summed E-state index contributed by atoms with van der Waals surface area (Å²) in [5.74, 6) is -1.33. The topological polar surface area (TPSA) is 105 Å². The fourth-order valence-corrected chi connectivity index (χ4v) is 3.28. The zero-order chi connectivity index (χ0) is 18.7. The molecule has 1 saturated heterocycles. The lowest BCUT2D eigenvalue weighted by Crippen LogP contribution is -2.42. The summed E-state index contributed by atoms with van der Waals surface area (Å²) in [4.78, 5) is 29.0. The first-order chi connectivity index (χ1) is 12.5. The average Bonchev–Trinajstić information content (AvgIpc) is 3.10. The van der Waals surface area contributed by atoms with Crippen molar-refractivity contribution in [3.8, 4) is 17.1 Å². The number of halogens is 1. The molecule has 0 atom stereocenters. The van der Waals surface area contributed by atoms with Gasteiger partial charge in [-0.3, -0.25) is 10.1 Å². The van der Waals surface area contributed by atoms with E-state index in [1.807, 2.05) is 0 Å². The minimum atomic E-state index is -0.828. The van der Waals surface area contributed by atoms with Crippen LogP contribution in [0.15, 0.2) is 18.2 Å². The van der Waals surface area contributed by atoms with Gasteiger partial charge in [-0.2, -0.15) is 9.36 Å². The van der Waals surface area contributed by atoms with E-state index in [1.54, 1.807) is 11.0 Å². The molecule has 3 rings (SSSR count). The number of carbonyl (C=O) groups excluding carboxylic acids is 1. The minimum Gasteiger partial charge on any atom is -0.494 e. The van der Waals surface area contributed by atoms with Crippen LogP contribution >= 0.6 is 11.5 Å². The lowest BCUT2D eigenvalue weighted by atomic mass is 9.97. The van der Waals surface area contributed by atoms with Crippen molar-refractivity contribution < 1.29 is 23.8 Å². The third kappa shape index (κ3) is 3.90. The van der Waals surface area contributed by atoms with Gasteiger partial charge in [-0.1, -0.05) is 0 Å². The van der Waals surface area contributed by atoms with Gasteiger partial charge in [-0.15, -0.1) is 0 Å². The zero-order valence-electron chi connectivity index (χ0n) is 13.9. The number of nitrogens with zero attached hydrogens (tertiary/aromatic N) is 3. The van der Waals surface area contributed by atoms with Crippen LogP contribution in [-0.2, 0) is 4.79 Å². The third-order valence-corrected chi connectivity index (χ3v) is 4.81. The maximum absolute atomic E-state index is 13.8. The summed E-state index contributed by atoms with van der Waals surface area (Å²) in [6.45, 7) is 0.746. The second-order valence-electron chi connectivity index (χ2n) is 5.80. The molecule has 0 bridgehead atoms. The maximum atomic E-state index is 13.8. The lowest BCUT2D eigenvalue weighted by molar-refractivity contribution is -0.143. The third-order valence-electron chi connectivity index (χ3n) is 4.18. The fraction of sp³-hybridized carbons (Fsp3) is 0.375. The van der Waals surface area contributed by atoms with Gasteiger partial charge >= 0.3 is 12.0 Å². The molecule has 0 saturated carbocycles. The second kappa shape index (κ2) is 7.65. The summed E-state index contributed by atoms with van der Waals surface area (Å²) in [5.41, 5.74) is 0.474. The normalized spacial score (nSPS) is 14.9. The van der Waals surface area contributed by atoms with Crippen molar-refractivity contribution in [3.05, 3.63) is 24.0 Å². The smallest absolute Gasteiger partial charge is 0.323 e. The SMILES string of the molecule is COc1ccc(-c2nsc(NC(=O)N3CCC(C(=O)O)CC3)n2)cc1F. The Morgan fingerprint density at radius 2 is 2.12 bits per heavy atom. The number of rotatable bonds is 4. The molecule has 8 nitrogen and oxygen atoms in total. The number of carbonyl (C=O) groups is 2. The summed E-state index contributed by atoms with van der Waals surface area (Å²) in [5, 5.41) is 11.9. The Labute approximate surface area is 152 Å². The number of amides is 2. The first kappa shape index (κ1) is 18.1. The highest BCUT2D eigenvalue weighted by molar-refractivity contribution is 7.10. The van der Waals surface area contributed by atoms with Crippen LogP contribution in [0.4, 0.5) is 14.3 Å². The second-order valence-corrected chi connectivity index (χ2v) is 6.55. The number of nitrogens with one attached hydrogen (secondary N) is 1. The maximum Gasteiger partial charge on any atom is 0.323 e. The average molecular weight is 380 g/mol. The van der Waals surface area contributed by atoms with Crippen molar-refractivity contribution in [2.75, 3.05) is 25.5 Å². The molecule has 1 aliphatic heterocycles. The molecule has 0 aliphatic carbocycles. The number of anilines is 1. The molecule has 2 N–H and O–H groups in total. The van der Waals surface area contributed by atoms with Gasteiger partial charge in [-0.05, 0) is 31.0 Å². The van der Waals surface area contributed by atoms with Crippen molar-refractivity contribution in [1.29, 1.82) is 0 Å². The largest absolute Gasteiger partial charge is 0.494 e. The van der Waals surface area contributed by atoms with E-state index in [9.17, 15) is 14.0 Å². The van der Waals surface area contributed by atoms with Gasteiger partial charge in [0, 0.05) is 30.2 Å². The summed E-state index contributed by atoms with van der Waals surface area (Å²) in [7, 11) is 1.38. The molecular weight excluding hydrogens is 363 g/mol. The fourth-order valence-electron chi connectivity index (χ4n) is 2.70. The molecule has 2 amide bonds. The quantitative estimate of drug-likeness (QED) is 0.845. The molecule has 10 heteroatoms. The van der Waals surface area contributed by atoms with Crippen LogP contribution in [0.1, 0.15) is 12.8 Å². The molecule has 2 aromatic rings. The molecular formula is C16H17FN4O4S. The van der Waals surface area contributed by atoms with Crippen LogP contribution in [0, 0.1) is 11.7 Å². The predicted octanol–water partition coefficient (Wildman–Crippen LogP) is 2.68. The van der Waals surface area contributed by atoms with Crippen LogP contribution in [-0.4, -0.2) is 51.6 Å². The van der Waals surface area contributed by atoms with Gasteiger partial charge < -0.3 is 14.7 Å². The Morgan fingerprint density at radius 3 is 2.73 bits per heavy atom. The number of piperidine rings is 1. The Balaban J connectivity index is 1.62. The number of carboxylic acids is 1. The van der Waals surface area contributed by atoms with Crippen LogP contribution < -0.4 is 10.1 Å². The Hall–Kier alpha value is -2.75. The molecule has 1 aromatic heterocycles. The van der Waals surface area contributed by atoms with E-state index in [0.717, 1.165) is 11.5 Å². The van der Waals surface area contributed by atoms with E-state index in [0.29, 0.717) is 42.5 Å². The van der Waals surface area contributed by atoms with Crippen molar-refractivity contribution in [3.63, 3.8) is 0 Å². The summed E-state index contributed by atoms with van der Waals surface area (Å²) in [6.07, 6.45) is 0.852. The molecule has 1 aliphatic rings. The van der Waals surface area contributed by atoms with Crippen LogP contribution in [0.25, 0.3) is 11.4 Å². The Morgan fingerprint density at radius 1 is 1.38 bits per heavy atom. The number of methoxy groups -OCH3 is 1. The highest BCUT2D eigenvalue weighted by atomic mass is 32.1. The molecule has 1 fully saturated rings. The molecule has 0 radical (unpaired) electrons. The summed E-state index contributed by atoms with van der Waals surface area (Å²) >= 11 is 0.990. The number of ether oxygens (including phenoxy) is 1.